The molecule has 2 saturated heterocycles. The first-order chi connectivity index (χ1) is 9.65. The minimum Gasteiger partial charge on any atom is -0.477 e. The highest BCUT2D eigenvalue weighted by Gasteiger charge is 2.33. The Morgan fingerprint density at radius 2 is 2.00 bits per heavy atom. The molecule has 1 N–H and O–H groups in total. The molecule has 2 aliphatic rings. The summed E-state index contributed by atoms with van der Waals surface area (Å²) in [5.74, 6) is -1.28. The van der Waals surface area contributed by atoms with Gasteiger partial charge in [-0.1, -0.05) is 6.07 Å². The summed E-state index contributed by atoms with van der Waals surface area (Å²) in [6, 6.07) is 5.00. The van der Waals surface area contributed by atoms with E-state index in [-0.39, 0.29) is 17.3 Å². The molecule has 1 unspecified atom stereocenters. The van der Waals surface area contributed by atoms with E-state index >= 15 is 0 Å². The van der Waals surface area contributed by atoms with E-state index in [0.29, 0.717) is 12.6 Å². The number of aromatic carboxylic acids is 1. The van der Waals surface area contributed by atoms with Gasteiger partial charge in [0.25, 0.3) is 5.91 Å². The molecule has 2 aliphatic heterocycles. The molecule has 3 heterocycles. The highest BCUT2D eigenvalue weighted by atomic mass is 16.4. The summed E-state index contributed by atoms with van der Waals surface area (Å²) in [7, 11) is 0. The lowest BCUT2D eigenvalue weighted by molar-refractivity contribution is 0.0565. The Hall–Kier alpha value is -1.95. The number of piperazine rings is 1. The molecule has 0 radical (unpaired) electrons. The molecule has 1 aromatic rings. The van der Waals surface area contributed by atoms with Crippen molar-refractivity contribution < 1.29 is 14.7 Å². The van der Waals surface area contributed by atoms with Crippen molar-refractivity contribution in [1.29, 1.82) is 0 Å². The zero-order chi connectivity index (χ0) is 14.1. The van der Waals surface area contributed by atoms with Crippen LogP contribution in [0.25, 0.3) is 0 Å². The van der Waals surface area contributed by atoms with E-state index in [1.54, 1.807) is 17.0 Å². The Kier molecular flexibility index (Phi) is 3.40. The summed E-state index contributed by atoms with van der Waals surface area (Å²) >= 11 is 0. The Morgan fingerprint density at radius 3 is 2.80 bits per heavy atom. The minimum atomic E-state index is -1.11. The third kappa shape index (κ3) is 2.38. The zero-order valence-corrected chi connectivity index (χ0v) is 11.2. The number of nitrogens with zero attached hydrogens (tertiary/aromatic N) is 3. The molecule has 0 aromatic carbocycles. The number of amides is 1. The number of carbonyl (C=O) groups excluding carboxylic acids is 1. The van der Waals surface area contributed by atoms with Gasteiger partial charge < -0.3 is 10.0 Å². The fourth-order valence-electron chi connectivity index (χ4n) is 3.01. The first-order valence-corrected chi connectivity index (χ1v) is 6.89. The van der Waals surface area contributed by atoms with Gasteiger partial charge in [0, 0.05) is 25.7 Å². The zero-order valence-electron chi connectivity index (χ0n) is 11.2. The number of fused-ring (bicyclic) bond motifs is 1. The molecule has 6 nitrogen and oxygen atoms in total. The van der Waals surface area contributed by atoms with Crippen LogP contribution in [0.5, 0.6) is 0 Å². The van der Waals surface area contributed by atoms with Crippen LogP contribution < -0.4 is 0 Å². The van der Waals surface area contributed by atoms with Crippen molar-refractivity contribution in [3.8, 4) is 0 Å². The van der Waals surface area contributed by atoms with Crippen molar-refractivity contribution >= 4 is 11.9 Å². The smallest absolute Gasteiger partial charge is 0.354 e. The Morgan fingerprint density at radius 1 is 1.20 bits per heavy atom. The Balaban J connectivity index is 1.75. The first kappa shape index (κ1) is 13.1. The van der Waals surface area contributed by atoms with Crippen LogP contribution in [0.1, 0.15) is 33.8 Å². The maximum Gasteiger partial charge on any atom is 0.354 e. The summed E-state index contributed by atoms with van der Waals surface area (Å²) in [6.45, 7) is 3.43. The summed E-state index contributed by atoms with van der Waals surface area (Å²) < 4.78 is 0. The van der Waals surface area contributed by atoms with Gasteiger partial charge in [-0.2, -0.15) is 0 Å². The fourth-order valence-corrected chi connectivity index (χ4v) is 3.01. The largest absolute Gasteiger partial charge is 0.477 e. The number of carbonyl (C=O) groups is 2. The summed E-state index contributed by atoms with van der Waals surface area (Å²) in [6.07, 6.45) is 2.33. The molecule has 0 aliphatic carbocycles. The monoisotopic (exact) mass is 275 g/mol. The molecule has 20 heavy (non-hydrogen) atoms. The van der Waals surface area contributed by atoms with Gasteiger partial charge in [-0.25, -0.2) is 9.78 Å². The molecule has 1 atom stereocenters. The van der Waals surface area contributed by atoms with E-state index in [1.807, 2.05) is 0 Å². The van der Waals surface area contributed by atoms with Gasteiger partial charge in [-0.05, 0) is 31.5 Å². The van der Waals surface area contributed by atoms with Crippen LogP contribution in [0.15, 0.2) is 18.2 Å². The van der Waals surface area contributed by atoms with E-state index in [4.69, 9.17) is 5.11 Å². The Labute approximate surface area is 117 Å². The lowest BCUT2D eigenvalue weighted by Crippen LogP contribution is -2.52. The molecule has 106 valence electrons. The highest BCUT2D eigenvalue weighted by Crippen LogP contribution is 2.22. The summed E-state index contributed by atoms with van der Waals surface area (Å²) in [5.41, 5.74) is 0.131. The SMILES string of the molecule is O=C(O)c1cccc(C(=O)N2CCN3CCCC3C2)n1. The molecule has 1 aromatic heterocycles. The molecule has 0 saturated carbocycles. The topological polar surface area (TPSA) is 73.7 Å². The van der Waals surface area contributed by atoms with Crippen molar-refractivity contribution in [3.63, 3.8) is 0 Å². The number of carboxylic acids is 1. The van der Waals surface area contributed by atoms with Crippen LogP contribution in [0, 0.1) is 0 Å². The van der Waals surface area contributed by atoms with Crippen molar-refractivity contribution in [2.45, 2.75) is 18.9 Å². The summed E-state index contributed by atoms with van der Waals surface area (Å²) in [4.78, 5) is 31.5. The van der Waals surface area contributed by atoms with Gasteiger partial charge >= 0.3 is 5.97 Å². The quantitative estimate of drug-likeness (QED) is 0.860. The van der Waals surface area contributed by atoms with E-state index in [2.05, 4.69) is 9.88 Å². The van der Waals surface area contributed by atoms with Gasteiger partial charge in [-0.15, -0.1) is 0 Å². The van der Waals surface area contributed by atoms with Crippen LogP contribution >= 0.6 is 0 Å². The molecular weight excluding hydrogens is 258 g/mol. The standard InChI is InChI=1S/C14H17N3O3/c18-13(11-4-1-5-12(15-11)14(19)20)17-8-7-16-6-2-3-10(16)9-17/h1,4-5,10H,2-3,6-9H2,(H,19,20). The number of rotatable bonds is 2. The van der Waals surface area contributed by atoms with E-state index in [1.165, 1.54) is 12.5 Å². The average Bonchev–Trinajstić information content (AvgIpc) is 2.94. The Bertz CT molecular complexity index is 546. The van der Waals surface area contributed by atoms with E-state index < -0.39 is 5.97 Å². The van der Waals surface area contributed by atoms with Gasteiger partial charge in [-0.3, -0.25) is 9.69 Å². The molecule has 6 heteroatoms. The lowest BCUT2D eigenvalue weighted by Gasteiger charge is -2.37. The number of carboxylic acid groups (broad SMARTS) is 1. The number of hydrogen-bond acceptors (Lipinski definition) is 4. The molecule has 1 amide bonds. The van der Waals surface area contributed by atoms with Crippen molar-refractivity contribution in [1.82, 2.24) is 14.8 Å². The summed E-state index contributed by atoms with van der Waals surface area (Å²) in [5, 5.41) is 8.93. The van der Waals surface area contributed by atoms with Crippen LogP contribution in [-0.4, -0.2) is 64.0 Å². The molecule has 0 spiro atoms. The fraction of sp³-hybridized carbons (Fsp3) is 0.500. The predicted molar refractivity (Wildman–Crippen MR) is 71.7 cm³/mol. The molecular formula is C14H17N3O3. The number of hydrogen-bond donors (Lipinski definition) is 1. The van der Waals surface area contributed by atoms with Gasteiger partial charge in [0.05, 0.1) is 0 Å². The number of aromatic nitrogens is 1. The maximum absolute atomic E-state index is 12.4. The number of pyridine rings is 1. The second-order valence-electron chi connectivity index (χ2n) is 5.30. The lowest BCUT2D eigenvalue weighted by atomic mass is 10.1. The third-order valence-corrected chi connectivity index (χ3v) is 4.06. The molecule has 3 rings (SSSR count). The van der Waals surface area contributed by atoms with Gasteiger partial charge in [0.15, 0.2) is 0 Å². The predicted octanol–water partition coefficient (Wildman–Crippen LogP) is 0.700. The molecule has 0 bridgehead atoms. The second kappa shape index (κ2) is 5.20. The van der Waals surface area contributed by atoms with Crippen LogP contribution in [0.3, 0.4) is 0 Å². The van der Waals surface area contributed by atoms with Crippen LogP contribution in [-0.2, 0) is 0 Å². The van der Waals surface area contributed by atoms with Gasteiger partial charge in [0.2, 0.25) is 0 Å². The maximum atomic E-state index is 12.4. The van der Waals surface area contributed by atoms with Crippen LogP contribution in [0.4, 0.5) is 0 Å². The normalized spacial score (nSPS) is 22.6. The van der Waals surface area contributed by atoms with E-state index in [0.717, 1.165) is 26.1 Å². The minimum absolute atomic E-state index is 0.0876. The van der Waals surface area contributed by atoms with E-state index in [9.17, 15) is 9.59 Å². The van der Waals surface area contributed by atoms with Crippen molar-refractivity contribution in [2.75, 3.05) is 26.2 Å². The van der Waals surface area contributed by atoms with Crippen molar-refractivity contribution in [3.05, 3.63) is 29.6 Å². The third-order valence-electron chi connectivity index (χ3n) is 4.06. The second-order valence-corrected chi connectivity index (χ2v) is 5.30. The highest BCUT2D eigenvalue weighted by molar-refractivity contribution is 5.94. The average molecular weight is 275 g/mol. The van der Waals surface area contributed by atoms with Crippen LogP contribution in [0.2, 0.25) is 0 Å². The van der Waals surface area contributed by atoms with Gasteiger partial charge in [0.1, 0.15) is 11.4 Å². The molecule has 2 fully saturated rings. The van der Waals surface area contributed by atoms with Crippen molar-refractivity contribution in [2.24, 2.45) is 0 Å². The first-order valence-electron chi connectivity index (χ1n) is 6.89.